The number of aromatic nitrogens is 1. The van der Waals surface area contributed by atoms with Crippen LogP contribution in [0.3, 0.4) is 0 Å². The van der Waals surface area contributed by atoms with Crippen molar-refractivity contribution in [3.63, 3.8) is 0 Å². The van der Waals surface area contributed by atoms with Crippen molar-refractivity contribution in [1.82, 2.24) is 4.98 Å². The molecule has 0 unspecified atom stereocenters. The predicted molar refractivity (Wildman–Crippen MR) is 120 cm³/mol. The lowest BCUT2D eigenvalue weighted by molar-refractivity contribution is 0.633. The lowest BCUT2D eigenvalue weighted by Gasteiger charge is -2.26. The van der Waals surface area contributed by atoms with Crippen LogP contribution >= 0.6 is 0 Å². The molecule has 0 N–H and O–H groups in total. The monoisotopic (exact) mass is 380 g/mol. The Kier molecular flexibility index (Phi) is 3.32. The zero-order chi connectivity index (χ0) is 22.5. The van der Waals surface area contributed by atoms with Gasteiger partial charge in [-0.15, -0.1) is 0 Å². The van der Waals surface area contributed by atoms with Crippen LogP contribution in [0.1, 0.15) is 34.7 Å². The topological polar surface area (TPSA) is 26.0 Å². The molecule has 3 aromatic carbocycles. The second kappa shape index (κ2) is 6.59. The Morgan fingerprint density at radius 2 is 1.66 bits per heavy atom. The highest BCUT2D eigenvalue weighted by Crippen LogP contribution is 2.37. The maximum atomic E-state index is 7.67. The van der Waals surface area contributed by atoms with Crippen molar-refractivity contribution in [2.45, 2.75) is 26.1 Å². The number of benzene rings is 3. The summed E-state index contributed by atoms with van der Waals surface area (Å²) in [6, 6.07) is 25.9. The third-order valence-corrected chi connectivity index (χ3v) is 5.74. The summed E-state index contributed by atoms with van der Waals surface area (Å²) in [7, 11) is 0. The summed E-state index contributed by atoms with van der Waals surface area (Å²) in [6.45, 7) is 2.27. The molecule has 0 saturated heterocycles. The van der Waals surface area contributed by atoms with Crippen LogP contribution in [0.2, 0.25) is 0 Å². The first-order chi connectivity index (χ1) is 15.2. The molecule has 0 fully saturated rings. The van der Waals surface area contributed by atoms with Gasteiger partial charge in [-0.1, -0.05) is 56.3 Å². The lowest BCUT2D eigenvalue weighted by Crippen LogP contribution is -2.18. The Hall–Kier alpha value is -3.39. The Morgan fingerprint density at radius 3 is 2.48 bits per heavy atom. The molecule has 2 heterocycles. The molecule has 29 heavy (non-hydrogen) atoms. The van der Waals surface area contributed by atoms with E-state index in [2.05, 4.69) is 61.3 Å². The van der Waals surface area contributed by atoms with Crippen LogP contribution in [0, 0.1) is 6.85 Å². The maximum absolute atomic E-state index is 7.67. The van der Waals surface area contributed by atoms with E-state index in [9.17, 15) is 0 Å². The highest BCUT2D eigenvalue weighted by Gasteiger charge is 2.24. The number of hydrogen-bond donors (Lipinski definition) is 0. The minimum atomic E-state index is -2.16. The van der Waals surface area contributed by atoms with Gasteiger partial charge in [-0.25, -0.2) is 0 Å². The number of hydrogen-bond acceptors (Lipinski definition) is 2. The summed E-state index contributed by atoms with van der Waals surface area (Å²) in [4.78, 5) is 4.39. The molecule has 0 aliphatic rings. The van der Waals surface area contributed by atoms with Gasteiger partial charge in [0.05, 0.1) is 5.69 Å². The minimum Gasteiger partial charge on any atom is -0.456 e. The number of fused-ring (bicyclic) bond motifs is 3. The molecule has 0 aliphatic carbocycles. The maximum Gasteiger partial charge on any atom is 0.135 e. The molecule has 2 heteroatoms. The fourth-order valence-electron chi connectivity index (χ4n) is 3.94. The second-order valence-corrected chi connectivity index (χ2v) is 7.94. The van der Waals surface area contributed by atoms with Crippen LogP contribution in [-0.2, 0) is 5.41 Å². The number of nitrogens with zero attached hydrogens (tertiary/aromatic N) is 1. The van der Waals surface area contributed by atoms with E-state index >= 15 is 0 Å². The Morgan fingerprint density at radius 1 is 0.793 bits per heavy atom. The first-order valence-electron chi connectivity index (χ1n) is 11.2. The van der Waals surface area contributed by atoms with Crippen LogP contribution in [-0.4, -0.2) is 4.98 Å². The molecular formula is C27H23NO. The van der Waals surface area contributed by atoms with Gasteiger partial charge in [-0.2, -0.15) is 0 Å². The molecule has 142 valence electrons. The summed E-state index contributed by atoms with van der Waals surface area (Å²) in [5.41, 5.74) is 5.69. The average Bonchev–Trinajstić information content (AvgIpc) is 3.16. The molecule has 2 aromatic heterocycles. The van der Waals surface area contributed by atoms with E-state index in [-0.39, 0.29) is 11.0 Å². The van der Waals surface area contributed by atoms with Gasteiger partial charge in [-0.3, -0.25) is 4.98 Å². The van der Waals surface area contributed by atoms with E-state index in [1.165, 1.54) is 17.2 Å². The van der Waals surface area contributed by atoms with Gasteiger partial charge >= 0.3 is 0 Å². The van der Waals surface area contributed by atoms with Gasteiger partial charge < -0.3 is 4.42 Å². The Labute approximate surface area is 175 Å². The normalized spacial score (nSPS) is 13.9. The van der Waals surface area contributed by atoms with Gasteiger partial charge in [0.1, 0.15) is 11.2 Å². The molecule has 0 aliphatic heterocycles. The van der Waals surface area contributed by atoms with Crippen molar-refractivity contribution in [1.29, 1.82) is 0 Å². The van der Waals surface area contributed by atoms with Crippen LogP contribution in [0.4, 0.5) is 0 Å². The van der Waals surface area contributed by atoms with Gasteiger partial charge in [-0.05, 0) is 59.9 Å². The summed E-state index contributed by atoms with van der Waals surface area (Å²) >= 11 is 0. The smallest absolute Gasteiger partial charge is 0.135 e. The third-order valence-electron chi connectivity index (χ3n) is 5.74. The van der Waals surface area contributed by atoms with Crippen molar-refractivity contribution in [2.24, 2.45) is 0 Å². The highest BCUT2D eigenvalue weighted by molar-refractivity contribution is 6.06. The number of rotatable bonds is 3. The Bertz CT molecular complexity index is 1430. The van der Waals surface area contributed by atoms with E-state index in [4.69, 9.17) is 8.53 Å². The first-order valence-corrected chi connectivity index (χ1v) is 9.73. The molecule has 5 aromatic rings. The van der Waals surface area contributed by atoms with Crippen molar-refractivity contribution in [3.8, 4) is 11.3 Å². The molecule has 0 atom stereocenters. The van der Waals surface area contributed by atoms with Crippen LogP contribution in [0.15, 0.2) is 89.5 Å². The molecule has 0 bridgehead atoms. The predicted octanol–water partition coefficient (Wildman–Crippen LogP) is 7.28. The molecule has 2 nitrogen and oxygen atoms in total. The number of aryl methyl sites for hydroxylation is 1. The summed E-state index contributed by atoms with van der Waals surface area (Å²) in [6.07, 6.45) is 1.55. The van der Waals surface area contributed by atoms with Crippen LogP contribution < -0.4 is 0 Å². The van der Waals surface area contributed by atoms with E-state index in [0.717, 1.165) is 27.5 Å². The summed E-state index contributed by atoms with van der Waals surface area (Å²) in [5, 5.41) is 2.02. The van der Waals surface area contributed by atoms with Gasteiger partial charge in [0.25, 0.3) is 0 Å². The molecule has 0 amide bonds. The quantitative estimate of drug-likeness (QED) is 0.329. The summed E-state index contributed by atoms with van der Waals surface area (Å²) in [5.74, 6) is 0. The molecular weight excluding hydrogens is 354 g/mol. The van der Waals surface area contributed by atoms with E-state index < -0.39 is 6.85 Å². The van der Waals surface area contributed by atoms with Crippen molar-refractivity contribution in [2.75, 3.05) is 0 Å². The van der Waals surface area contributed by atoms with Crippen molar-refractivity contribution < 1.29 is 8.53 Å². The summed E-state index contributed by atoms with van der Waals surface area (Å²) < 4.78 is 29.2. The molecule has 0 saturated carbocycles. The van der Waals surface area contributed by atoms with Crippen molar-refractivity contribution >= 4 is 21.9 Å². The minimum absolute atomic E-state index is 0.154. The van der Waals surface area contributed by atoms with E-state index in [1.807, 2.05) is 24.3 Å². The van der Waals surface area contributed by atoms with Gasteiger partial charge in [0, 0.05) is 32.1 Å². The Balaban J connectivity index is 1.60. The highest BCUT2D eigenvalue weighted by atomic mass is 16.3. The molecule has 0 radical (unpaired) electrons. The average molecular weight is 381 g/mol. The number of furan rings is 1. The third kappa shape index (κ3) is 3.01. The van der Waals surface area contributed by atoms with Crippen molar-refractivity contribution in [3.05, 3.63) is 102 Å². The van der Waals surface area contributed by atoms with Gasteiger partial charge in [0.15, 0.2) is 0 Å². The standard InChI is InChI=1S/C27H23NO/c1-18-13-14-28-24(15-18)19-9-12-25-23(16-19)22-11-10-21(17-26(22)29-25)27(2,3)20-7-5-4-6-8-20/h4-17H,1-3H3/i1D3. The zero-order valence-electron chi connectivity index (χ0n) is 19.4. The fourth-order valence-corrected chi connectivity index (χ4v) is 3.94. The van der Waals surface area contributed by atoms with E-state index in [0.29, 0.717) is 5.69 Å². The molecule has 0 spiro atoms. The SMILES string of the molecule is [2H]C([2H])([2H])c1ccnc(-c2ccc3oc4cc(C(C)(C)c5ccccc5)ccc4c3c2)c1. The second-order valence-electron chi connectivity index (χ2n) is 7.94. The van der Waals surface area contributed by atoms with Gasteiger partial charge in [0.2, 0.25) is 0 Å². The first kappa shape index (κ1) is 14.6. The zero-order valence-corrected chi connectivity index (χ0v) is 16.4. The van der Waals surface area contributed by atoms with Crippen LogP contribution in [0.5, 0.6) is 0 Å². The molecule has 5 rings (SSSR count). The van der Waals surface area contributed by atoms with Crippen LogP contribution in [0.25, 0.3) is 33.2 Å². The van der Waals surface area contributed by atoms with E-state index in [1.54, 1.807) is 12.3 Å². The largest absolute Gasteiger partial charge is 0.456 e. The lowest BCUT2D eigenvalue weighted by atomic mass is 9.78. The number of pyridine rings is 1. The fraction of sp³-hybridized carbons (Fsp3) is 0.148.